The Morgan fingerprint density at radius 3 is 1.37 bits per heavy atom. The molecule has 0 saturated carbocycles. The number of carboxylic acid groups (broad SMARTS) is 4. The van der Waals surface area contributed by atoms with Gasteiger partial charge in [-0.3, -0.25) is 76.7 Å². The van der Waals surface area contributed by atoms with Crippen LogP contribution in [0.5, 0.6) is 0 Å². The van der Waals surface area contributed by atoms with Gasteiger partial charge in [0.2, 0.25) is 76.8 Å². The van der Waals surface area contributed by atoms with Crippen LogP contribution in [0.1, 0.15) is 130 Å². The highest BCUT2D eigenvalue weighted by molar-refractivity contribution is 6.01. The first-order chi connectivity index (χ1) is 43.9. The van der Waals surface area contributed by atoms with Crippen LogP contribution < -0.4 is 59.3 Å². The van der Waals surface area contributed by atoms with Crippen molar-refractivity contribution in [3.8, 4) is 0 Å². The van der Waals surface area contributed by atoms with E-state index in [1.807, 2.05) is 0 Å². The molecule has 4 saturated heterocycles. The molecule has 93 heavy (non-hydrogen) atoms. The van der Waals surface area contributed by atoms with E-state index in [1.165, 1.54) is 26.5 Å². The lowest BCUT2D eigenvalue weighted by molar-refractivity contribution is -0.151. The van der Waals surface area contributed by atoms with Gasteiger partial charge < -0.3 is 99.3 Å². The number of carbonyl (C=O) groups is 17. The van der Waals surface area contributed by atoms with Crippen LogP contribution in [0.2, 0.25) is 0 Å². The molecule has 36 nitrogen and oxygen atoms in total. The highest BCUT2D eigenvalue weighted by Gasteiger charge is 2.47. The van der Waals surface area contributed by atoms with E-state index in [0.717, 1.165) is 6.92 Å². The van der Waals surface area contributed by atoms with Gasteiger partial charge >= 0.3 is 23.9 Å². The number of aliphatic carboxylic acids is 4. The summed E-state index contributed by atoms with van der Waals surface area (Å²) in [5, 5.41) is 58.7. The van der Waals surface area contributed by atoms with Crippen LogP contribution in [0, 0.1) is 5.92 Å². The first-order valence-corrected chi connectivity index (χ1v) is 31.0. The third-order valence-corrected chi connectivity index (χ3v) is 16.1. The van der Waals surface area contributed by atoms with Gasteiger partial charge in [-0.2, -0.15) is 0 Å². The lowest BCUT2D eigenvalue weighted by Gasteiger charge is -2.35. The standard InChI is InChI=1S/C57H89N15O21/c1-29(2)23-36(57(92)93)66-43(75)27-60-47(82)30(3)62-49(84)34(24-45(78)79)68-50(85)35(25-46(80)81)67-48(83)31(4)63-52(87)38-13-8-19-69(38)53(88)32(11-5-6-18-58)65-42(74)28-61-51(86)37-12-7-20-70(37)55(90)40-15-10-22-72(40)56(91)39-14-9-21-71(39)54(89)33(16-17-44(76)77)64-41(73)26-59/h29-40H,5-28,58-59H2,1-4H3,(H,60,82)(H,61,86)(H,62,84)(H,63,87)(H,64,73)(H,65,74)(H,66,75)(H,67,83)(H,68,85)(H,76,77)(H,78,79)(H,80,81)(H,92,93)/t30-,31-,32-,33-,34-,35-,36-,37-,38-,39-,40-/m0/s1. The number of hydrogen-bond donors (Lipinski definition) is 15. The second-order valence-electron chi connectivity index (χ2n) is 23.7. The van der Waals surface area contributed by atoms with Crippen molar-refractivity contribution in [2.24, 2.45) is 17.4 Å². The summed E-state index contributed by atoms with van der Waals surface area (Å²) in [6.07, 6.45) is 0.271. The molecule has 0 unspecified atom stereocenters. The molecule has 4 rings (SSSR count). The van der Waals surface area contributed by atoms with Crippen LogP contribution in [0.3, 0.4) is 0 Å². The third-order valence-electron chi connectivity index (χ3n) is 16.1. The fourth-order valence-electron chi connectivity index (χ4n) is 11.4. The molecule has 4 aliphatic heterocycles. The van der Waals surface area contributed by atoms with Crippen LogP contribution in [0.15, 0.2) is 0 Å². The number of carboxylic acids is 4. The van der Waals surface area contributed by atoms with Gasteiger partial charge in [-0.25, -0.2) is 4.79 Å². The zero-order chi connectivity index (χ0) is 69.4. The smallest absolute Gasteiger partial charge is 0.326 e. The van der Waals surface area contributed by atoms with Crippen LogP contribution in [-0.4, -0.2) is 260 Å². The molecule has 0 radical (unpaired) electrons. The number of nitrogens with zero attached hydrogens (tertiary/aromatic N) is 4. The number of nitrogens with two attached hydrogens (primary N) is 2. The van der Waals surface area contributed by atoms with Gasteiger partial charge in [0.05, 0.1) is 32.5 Å². The molecule has 4 aliphatic rings. The maximum absolute atomic E-state index is 14.3. The number of likely N-dealkylation sites (tertiary alicyclic amines) is 4. The molecule has 0 aliphatic carbocycles. The van der Waals surface area contributed by atoms with Gasteiger partial charge in [0.1, 0.15) is 66.5 Å². The molecule has 0 aromatic carbocycles. The minimum absolute atomic E-state index is 0.0220. The first kappa shape index (κ1) is 76.4. The van der Waals surface area contributed by atoms with E-state index in [4.69, 9.17) is 11.5 Å². The van der Waals surface area contributed by atoms with Gasteiger partial charge in [-0.1, -0.05) is 13.8 Å². The Bertz CT molecular complexity index is 2810. The molecule has 0 spiro atoms. The highest BCUT2D eigenvalue weighted by atomic mass is 16.4. The van der Waals surface area contributed by atoms with Crippen molar-refractivity contribution in [3.63, 3.8) is 0 Å². The van der Waals surface area contributed by atoms with Crippen molar-refractivity contribution in [2.45, 2.75) is 197 Å². The summed E-state index contributed by atoms with van der Waals surface area (Å²) in [5.74, 6) is -17.0. The van der Waals surface area contributed by atoms with Crippen LogP contribution in [0.25, 0.3) is 0 Å². The van der Waals surface area contributed by atoms with E-state index in [1.54, 1.807) is 13.8 Å². The maximum atomic E-state index is 14.3. The quantitative estimate of drug-likeness (QED) is 0.0260. The summed E-state index contributed by atoms with van der Waals surface area (Å²) in [6.45, 7) is 4.64. The molecule has 13 amide bonds. The molecule has 0 bridgehead atoms. The summed E-state index contributed by atoms with van der Waals surface area (Å²) >= 11 is 0. The third kappa shape index (κ3) is 23.2. The van der Waals surface area contributed by atoms with Crippen molar-refractivity contribution < 1.29 is 102 Å². The summed E-state index contributed by atoms with van der Waals surface area (Å²) in [5.41, 5.74) is 11.2. The second kappa shape index (κ2) is 36.8. The average molecular weight is 1320 g/mol. The lowest BCUT2D eigenvalue weighted by Crippen LogP contribution is -2.59. The van der Waals surface area contributed by atoms with Gasteiger partial charge in [-0.15, -0.1) is 0 Å². The van der Waals surface area contributed by atoms with Crippen LogP contribution in [0.4, 0.5) is 0 Å². The predicted molar refractivity (Wildman–Crippen MR) is 320 cm³/mol. The van der Waals surface area contributed by atoms with Crippen molar-refractivity contribution in [2.75, 3.05) is 52.4 Å². The Labute approximate surface area is 535 Å². The number of nitrogens with one attached hydrogen (secondary N) is 9. The zero-order valence-corrected chi connectivity index (χ0v) is 52.6. The van der Waals surface area contributed by atoms with Gasteiger partial charge in [-0.05, 0) is 110 Å². The predicted octanol–water partition coefficient (Wildman–Crippen LogP) is -6.35. The SMILES string of the molecule is CC(C)C[C@H](NC(=O)CNC(=O)[C@H](C)NC(=O)[C@H](CC(=O)O)NC(=O)[C@H](CC(=O)O)NC(=O)[C@H](C)NC(=O)[C@@H]1CCCN1C(=O)[C@H](CCCCN)NC(=O)CNC(=O)[C@@H]1CCCN1C(=O)[C@@H]1CCCN1C(=O)[C@@H]1CCCN1C(=O)[C@H](CCC(=O)O)NC(=O)CN)C(=O)O. The molecule has 518 valence electrons. The van der Waals surface area contributed by atoms with Crippen molar-refractivity contribution >= 4 is 101 Å². The van der Waals surface area contributed by atoms with E-state index in [-0.39, 0.29) is 83.6 Å². The summed E-state index contributed by atoms with van der Waals surface area (Å²) in [6, 6.07) is -15.0. The molecule has 4 fully saturated rings. The van der Waals surface area contributed by atoms with Crippen LogP contribution >= 0.6 is 0 Å². The van der Waals surface area contributed by atoms with E-state index in [2.05, 4.69) is 47.9 Å². The topological polar surface area (TPSA) is 544 Å². The Kier molecular flexibility index (Phi) is 30.2. The molecule has 36 heteroatoms. The normalized spacial score (nSPS) is 19.9. The molecule has 0 aromatic heterocycles. The van der Waals surface area contributed by atoms with E-state index in [0.29, 0.717) is 38.5 Å². The summed E-state index contributed by atoms with van der Waals surface area (Å²) in [4.78, 5) is 227. The lowest BCUT2D eigenvalue weighted by atomic mass is 10.0. The second-order valence-corrected chi connectivity index (χ2v) is 23.7. The Morgan fingerprint density at radius 2 is 0.860 bits per heavy atom. The molecular formula is C57H89N15O21. The van der Waals surface area contributed by atoms with Gasteiger partial charge in [0, 0.05) is 32.6 Å². The summed E-state index contributed by atoms with van der Waals surface area (Å²) < 4.78 is 0. The van der Waals surface area contributed by atoms with Crippen molar-refractivity contribution in [1.29, 1.82) is 0 Å². The molecular weight excluding hydrogens is 1230 g/mol. The van der Waals surface area contributed by atoms with Crippen molar-refractivity contribution in [1.82, 2.24) is 67.5 Å². The number of hydrogen-bond acceptors (Lipinski definition) is 19. The number of carbonyl (C=O) groups excluding carboxylic acids is 13. The van der Waals surface area contributed by atoms with E-state index in [9.17, 15) is 102 Å². The minimum atomic E-state index is -1.99. The Hall–Kier alpha value is -9.09. The Morgan fingerprint density at radius 1 is 0.430 bits per heavy atom. The largest absolute Gasteiger partial charge is 0.481 e. The molecule has 17 N–H and O–H groups in total. The number of unbranched alkanes of at least 4 members (excludes halogenated alkanes) is 1. The van der Waals surface area contributed by atoms with E-state index < -0.39 is 206 Å². The van der Waals surface area contributed by atoms with Gasteiger partial charge in [0.15, 0.2) is 0 Å². The summed E-state index contributed by atoms with van der Waals surface area (Å²) in [7, 11) is 0. The first-order valence-electron chi connectivity index (χ1n) is 31.0. The fraction of sp³-hybridized carbons (Fsp3) is 0.702. The maximum Gasteiger partial charge on any atom is 0.326 e. The van der Waals surface area contributed by atoms with Crippen LogP contribution in [-0.2, 0) is 81.5 Å². The number of rotatable bonds is 36. The molecule has 0 aromatic rings. The molecule has 11 atom stereocenters. The Balaban J connectivity index is 1.35. The average Bonchev–Trinajstić information content (AvgIpc) is 1.70. The minimum Gasteiger partial charge on any atom is -0.481 e. The monoisotopic (exact) mass is 1320 g/mol. The van der Waals surface area contributed by atoms with Crippen molar-refractivity contribution in [3.05, 3.63) is 0 Å². The molecule has 4 heterocycles. The highest BCUT2D eigenvalue weighted by Crippen LogP contribution is 2.29. The number of amides is 13. The zero-order valence-electron chi connectivity index (χ0n) is 52.6. The van der Waals surface area contributed by atoms with E-state index >= 15 is 0 Å². The van der Waals surface area contributed by atoms with Gasteiger partial charge in [0.25, 0.3) is 0 Å². The fourth-order valence-corrected chi connectivity index (χ4v) is 11.4.